The van der Waals surface area contributed by atoms with Gasteiger partial charge in [-0.1, -0.05) is 30.3 Å². The van der Waals surface area contributed by atoms with Gasteiger partial charge >= 0.3 is 6.03 Å². The number of hydrazine groups is 1. The molecule has 0 saturated carbocycles. The summed E-state index contributed by atoms with van der Waals surface area (Å²) in [5, 5.41) is 6.05. The molecule has 1 unspecified atom stereocenters. The Morgan fingerprint density at radius 1 is 1.16 bits per heavy atom. The minimum Gasteiger partial charge on any atom is -0.493 e. The first-order valence-electron chi connectivity index (χ1n) is 10.1. The zero-order chi connectivity index (χ0) is 22.8. The van der Waals surface area contributed by atoms with Gasteiger partial charge in [-0.2, -0.15) is 5.10 Å². The molecule has 1 aliphatic heterocycles. The quantitative estimate of drug-likeness (QED) is 0.326. The van der Waals surface area contributed by atoms with Gasteiger partial charge in [-0.25, -0.2) is 15.6 Å². The molecule has 1 heterocycles. The van der Waals surface area contributed by atoms with E-state index in [2.05, 4.69) is 26.7 Å². The van der Waals surface area contributed by atoms with Crippen molar-refractivity contribution in [3.05, 3.63) is 59.7 Å². The van der Waals surface area contributed by atoms with Crippen LogP contribution < -0.4 is 31.1 Å². The van der Waals surface area contributed by atoms with Gasteiger partial charge in [0.05, 0.1) is 19.9 Å². The zero-order valence-electron chi connectivity index (χ0n) is 17.6. The van der Waals surface area contributed by atoms with Crippen LogP contribution in [0.1, 0.15) is 24.0 Å². The number of urea groups is 1. The van der Waals surface area contributed by atoms with Gasteiger partial charge in [-0.15, -0.1) is 0 Å². The summed E-state index contributed by atoms with van der Waals surface area (Å²) in [6, 6.07) is 14.1. The van der Waals surface area contributed by atoms with E-state index in [1.54, 1.807) is 25.3 Å². The van der Waals surface area contributed by atoms with Crippen LogP contribution >= 0.6 is 0 Å². The highest BCUT2D eigenvalue weighted by Gasteiger charge is 2.25. The number of hydrogen-bond donors (Lipinski definition) is 4. The number of ether oxygens (including phenoxy) is 2. The van der Waals surface area contributed by atoms with Gasteiger partial charge in [0.25, 0.3) is 0 Å². The summed E-state index contributed by atoms with van der Waals surface area (Å²) in [6.45, 7) is 0.515. The number of imide groups is 1. The lowest BCUT2D eigenvalue weighted by molar-refractivity contribution is -0.124. The number of rotatable bonds is 10. The molecule has 2 aromatic carbocycles. The van der Waals surface area contributed by atoms with E-state index in [-0.39, 0.29) is 18.7 Å². The van der Waals surface area contributed by atoms with Crippen molar-refractivity contribution in [1.29, 1.82) is 0 Å². The lowest BCUT2D eigenvalue weighted by atomic mass is 10.1. The van der Waals surface area contributed by atoms with Crippen LogP contribution in [0.2, 0.25) is 0 Å². The summed E-state index contributed by atoms with van der Waals surface area (Å²) < 4.78 is 11.2. The number of nitrogens with zero attached hydrogens (tertiary/aromatic N) is 1. The highest BCUT2D eigenvalue weighted by Crippen LogP contribution is 2.27. The molecule has 10 nitrogen and oxygen atoms in total. The van der Waals surface area contributed by atoms with E-state index in [4.69, 9.17) is 9.47 Å². The summed E-state index contributed by atoms with van der Waals surface area (Å²) in [5.41, 5.74) is 9.14. The topological polar surface area (TPSA) is 130 Å². The summed E-state index contributed by atoms with van der Waals surface area (Å²) in [7, 11) is 1.56. The fourth-order valence-electron chi connectivity index (χ4n) is 2.97. The first-order chi connectivity index (χ1) is 15.5. The van der Waals surface area contributed by atoms with Gasteiger partial charge in [-0.05, 0) is 35.7 Å². The second kappa shape index (κ2) is 11.5. The van der Waals surface area contributed by atoms with Gasteiger partial charge in [0, 0.05) is 12.8 Å². The number of amides is 4. The molecule has 168 valence electrons. The van der Waals surface area contributed by atoms with Crippen molar-refractivity contribution < 1.29 is 23.9 Å². The van der Waals surface area contributed by atoms with Crippen LogP contribution in [-0.2, 0) is 16.0 Å². The number of carbonyl (C=O) groups is 3. The molecule has 0 bridgehead atoms. The van der Waals surface area contributed by atoms with Crippen LogP contribution in [0.3, 0.4) is 0 Å². The standard InChI is InChI=1S/C22H25N5O5/c1-31-19-13-16(7-9-18(19)32-12-11-15-5-3-2-4-6-15)14-23-26-20(28)10-8-17-21(29)24-22(30)27-25-17/h2-7,9,13-14,17,25H,8,10-12H2,1H3,(H,26,28)(H2,24,27,29,30)/b23-14-. The summed E-state index contributed by atoms with van der Waals surface area (Å²) in [6.07, 6.45) is 2.52. The van der Waals surface area contributed by atoms with E-state index in [0.717, 1.165) is 6.42 Å². The molecular weight excluding hydrogens is 414 g/mol. The molecule has 1 atom stereocenters. The van der Waals surface area contributed by atoms with Gasteiger partial charge in [0.1, 0.15) is 6.04 Å². The van der Waals surface area contributed by atoms with Gasteiger partial charge < -0.3 is 9.47 Å². The number of hydrazone groups is 1. The Hall–Kier alpha value is -3.92. The maximum atomic E-state index is 11.9. The van der Waals surface area contributed by atoms with Crippen molar-refractivity contribution in [2.24, 2.45) is 5.10 Å². The Bertz CT molecular complexity index is 980. The van der Waals surface area contributed by atoms with E-state index >= 15 is 0 Å². The fourth-order valence-corrected chi connectivity index (χ4v) is 2.97. The normalized spacial score (nSPS) is 15.7. The molecular formula is C22H25N5O5. The Kier molecular flexibility index (Phi) is 8.15. The van der Waals surface area contributed by atoms with Crippen molar-refractivity contribution in [2.75, 3.05) is 13.7 Å². The third kappa shape index (κ3) is 6.81. The Morgan fingerprint density at radius 2 is 1.97 bits per heavy atom. The van der Waals surface area contributed by atoms with Gasteiger partial charge in [0.2, 0.25) is 11.8 Å². The molecule has 1 aliphatic rings. The molecule has 10 heteroatoms. The smallest absolute Gasteiger partial charge is 0.335 e. The third-order valence-electron chi connectivity index (χ3n) is 4.65. The number of methoxy groups -OCH3 is 1. The third-order valence-corrected chi connectivity index (χ3v) is 4.65. The van der Waals surface area contributed by atoms with Crippen molar-refractivity contribution in [1.82, 2.24) is 21.6 Å². The lowest BCUT2D eigenvalue weighted by Crippen LogP contribution is -2.62. The molecule has 4 amide bonds. The second-order valence-electron chi connectivity index (χ2n) is 6.97. The maximum Gasteiger partial charge on any atom is 0.335 e. The minimum absolute atomic E-state index is 0.0514. The number of hydrogen-bond acceptors (Lipinski definition) is 7. The minimum atomic E-state index is -0.680. The van der Waals surface area contributed by atoms with Gasteiger partial charge in [0.15, 0.2) is 11.5 Å². The average Bonchev–Trinajstić information content (AvgIpc) is 2.80. The number of benzene rings is 2. The Labute approximate surface area is 185 Å². The average molecular weight is 439 g/mol. The fraction of sp³-hybridized carbons (Fsp3) is 0.273. The summed E-state index contributed by atoms with van der Waals surface area (Å²) in [5.74, 6) is 0.337. The van der Waals surface area contributed by atoms with E-state index in [0.29, 0.717) is 23.7 Å². The van der Waals surface area contributed by atoms with E-state index in [9.17, 15) is 14.4 Å². The molecule has 3 rings (SSSR count). The van der Waals surface area contributed by atoms with E-state index in [1.807, 2.05) is 30.3 Å². The predicted octanol–water partition coefficient (Wildman–Crippen LogP) is 1.26. The van der Waals surface area contributed by atoms with Crippen LogP contribution in [-0.4, -0.2) is 43.8 Å². The monoisotopic (exact) mass is 439 g/mol. The van der Waals surface area contributed by atoms with Crippen molar-refractivity contribution >= 4 is 24.1 Å². The zero-order valence-corrected chi connectivity index (χ0v) is 17.6. The second-order valence-corrected chi connectivity index (χ2v) is 6.97. The number of carbonyl (C=O) groups excluding carboxylic acids is 3. The van der Waals surface area contributed by atoms with Crippen molar-refractivity contribution in [3.8, 4) is 11.5 Å². The Morgan fingerprint density at radius 3 is 2.72 bits per heavy atom. The highest BCUT2D eigenvalue weighted by molar-refractivity contribution is 5.99. The molecule has 32 heavy (non-hydrogen) atoms. The maximum absolute atomic E-state index is 11.9. The molecule has 0 radical (unpaired) electrons. The van der Waals surface area contributed by atoms with Crippen molar-refractivity contribution in [3.63, 3.8) is 0 Å². The molecule has 1 fully saturated rings. The van der Waals surface area contributed by atoms with Crippen LogP contribution in [0.15, 0.2) is 53.6 Å². The molecule has 2 aromatic rings. The van der Waals surface area contributed by atoms with E-state index < -0.39 is 18.0 Å². The molecule has 0 spiro atoms. The Balaban J connectivity index is 1.45. The summed E-state index contributed by atoms with van der Waals surface area (Å²) >= 11 is 0. The van der Waals surface area contributed by atoms with Crippen molar-refractivity contribution in [2.45, 2.75) is 25.3 Å². The van der Waals surface area contributed by atoms with Crippen LogP contribution in [0, 0.1) is 0 Å². The number of nitrogens with one attached hydrogen (secondary N) is 4. The molecule has 4 N–H and O–H groups in total. The van der Waals surface area contributed by atoms with Crippen LogP contribution in [0.4, 0.5) is 4.79 Å². The first kappa shape index (κ1) is 22.8. The molecule has 1 saturated heterocycles. The largest absolute Gasteiger partial charge is 0.493 e. The lowest BCUT2D eigenvalue weighted by Gasteiger charge is -2.22. The van der Waals surface area contributed by atoms with Gasteiger partial charge in [-0.3, -0.25) is 20.3 Å². The first-order valence-corrected chi connectivity index (χ1v) is 10.1. The molecule has 0 aliphatic carbocycles. The summed E-state index contributed by atoms with van der Waals surface area (Å²) in [4.78, 5) is 34.6. The predicted molar refractivity (Wildman–Crippen MR) is 117 cm³/mol. The van der Waals surface area contributed by atoms with E-state index in [1.165, 1.54) is 11.8 Å². The SMILES string of the molecule is COc1cc(/C=N\NC(=O)CCC2NNC(=O)NC2=O)ccc1OCCc1ccccc1. The molecule has 0 aromatic heterocycles. The highest BCUT2D eigenvalue weighted by atomic mass is 16.5. The van der Waals surface area contributed by atoms with Crippen LogP contribution in [0.25, 0.3) is 0 Å². The van der Waals surface area contributed by atoms with Crippen LogP contribution in [0.5, 0.6) is 11.5 Å².